The molecule has 23 heavy (non-hydrogen) atoms. The molecule has 0 saturated heterocycles. The molecule has 5 heteroatoms. The van der Waals surface area contributed by atoms with Crippen LogP contribution < -0.4 is 10.7 Å². The van der Waals surface area contributed by atoms with E-state index < -0.39 is 0 Å². The van der Waals surface area contributed by atoms with Crippen LogP contribution in [0.4, 0.5) is 10.1 Å². The Morgan fingerprint density at radius 3 is 2.48 bits per heavy atom. The molecule has 1 amide bonds. The molecule has 4 nitrogen and oxygen atoms in total. The smallest absolute Gasteiger partial charge is 0.259 e. The molecule has 0 bridgehead atoms. The summed E-state index contributed by atoms with van der Waals surface area (Å²) in [4.78, 5) is 11.7. The van der Waals surface area contributed by atoms with Crippen LogP contribution in [-0.4, -0.2) is 18.2 Å². The molecule has 0 aliphatic carbocycles. The summed E-state index contributed by atoms with van der Waals surface area (Å²) in [5, 5.41) is 6.99. The third-order valence-corrected chi connectivity index (χ3v) is 3.29. The molecule has 0 aliphatic rings. The molecule has 0 saturated carbocycles. The third-order valence-electron chi connectivity index (χ3n) is 3.29. The Kier molecular flexibility index (Phi) is 6.29. The quantitative estimate of drug-likeness (QED) is 0.608. The number of hydrogen-bond acceptors (Lipinski definition) is 3. The van der Waals surface area contributed by atoms with Crippen LogP contribution in [-0.2, 0) is 11.2 Å². The SMILES string of the molecule is C/C(CCc1ccccc1)=N\NC(=O)CNc1ccc(F)cc1. The molecule has 2 rings (SSSR count). The van der Waals surface area contributed by atoms with Gasteiger partial charge in [0.2, 0.25) is 0 Å². The second-order valence-electron chi connectivity index (χ2n) is 5.23. The highest BCUT2D eigenvalue weighted by molar-refractivity contribution is 5.85. The zero-order chi connectivity index (χ0) is 16.5. The summed E-state index contributed by atoms with van der Waals surface area (Å²) in [5.41, 5.74) is 5.31. The maximum atomic E-state index is 12.8. The zero-order valence-corrected chi connectivity index (χ0v) is 13.1. The Morgan fingerprint density at radius 2 is 1.78 bits per heavy atom. The molecule has 0 spiro atoms. The van der Waals surface area contributed by atoms with Gasteiger partial charge in [-0.2, -0.15) is 5.10 Å². The van der Waals surface area contributed by atoms with E-state index in [1.807, 2.05) is 25.1 Å². The number of nitrogens with zero attached hydrogens (tertiary/aromatic N) is 1. The Morgan fingerprint density at radius 1 is 1.09 bits per heavy atom. The number of amides is 1. The lowest BCUT2D eigenvalue weighted by atomic mass is 10.1. The third kappa shape index (κ3) is 6.30. The van der Waals surface area contributed by atoms with Crippen molar-refractivity contribution in [1.29, 1.82) is 0 Å². The summed E-state index contributed by atoms with van der Waals surface area (Å²) in [6.45, 7) is 1.97. The molecule has 0 fully saturated rings. The summed E-state index contributed by atoms with van der Waals surface area (Å²) in [6.07, 6.45) is 1.68. The highest BCUT2D eigenvalue weighted by atomic mass is 19.1. The van der Waals surface area contributed by atoms with Crippen LogP contribution in [0.3, 0.4) is 0 Å². The molecule has 2 aromatic rings. The number of anilines is 1. The molecular weight excluding hydrogens is 293 g/mol. The number of hydrogen-bond donors (Lipinski definition) is 2. The van der Waals surface area contributed by atoms with Gasteiger partial charge in [-0.05, 0) is 49.6 Å². The van der Waals surface area contributed by atoms with Crippen molar-refractivity contribution in [2.24, 2.45) is 5.10 Å². The molecule has 0 radical (unpaired) electrons. The van der Waals surface area contributed by atoms with Crippen LogP contribution in [0, 0.1) is 5.82 Å². The molecule has 0 aliphatic heterocycles. The minimum Gasteiger partial charge on any atom is -0.376 e. The summed E-state index contributed by atoms with van der Waals surface area (Å²) < 4.78 is 12.8. The van der Waals surface area contributed by atoms with Gasteiger partial charge in [-0.3, -0.25) is 4.79 Å². The van der Waals surface area contributed by atoms with Gasteiger partial charge in [0.25, 0.3) is 5.91 Å². The molecular formula is C18H20FN3O. The van der Waals surface area contributed by atoms with Gasteiger partial charge in [-0.1, -0.05) is 30.3 Å². The second-order valence-corrected chi connectivity index (χ2v) is 5.23. The molecule has 0 unspecified atom stereocenters. The van der Waals surface area contributed by atoms with Gasteiger partial charge < -0.3 is 5.32 Å². The first kappa shape index (κ1) is 16.7. The summed E-state index contributed by atoms with van der Waals surface area (Å²) in [6, 6.07) is 16.0. The number of rotatable bonds is 7. The van der Waals surface area contributed by atoms with E-state index in [1.54, 1.807) is 12.1 Å². The van der Waals surface area contributed by atoms with Gasteiger partial charge >= 0.3 is 0 Å². The summed E-state index contributed by atoms with van der Waals surface area (Å²) >= 11 is 0. The predicted octanol–water partition coefficient (Wildman–Crippen LogP) is 3.36. The predicted molar refractivity (Wildman–Crippen MR) is 90.9 cm³/mol. The van der Waals surface area contributed by atoms with E-state index in [2.05, 4.69) is 28.0 Å². The minimum atomic E-state index is -0.307. The number of carbonyl (C=O) groups excluding carboxylic acids is 1. The largest absolute Gasteiger partial charge is 0.376 e. The molecule has 2 aromatic carbocycles. The monoisotopic (exact) mass is 313 g/mol. The van der Waals surface area contributed by atoms with Gasteiger partial charge in [-0.25, -0.2) is 9.82 Å². The maximum Gasteiger partial charge on any atom is 0.259 e. The number of hydrazone groups is 1. The van der Waals surface area contributed by atoms with E-state index in [0.29, 0.717) is 5.69 Å². The van der Waals surface area contributed by atoms with Crippen molar-refractivity contribution in [3.8, 4) is 0 Å². The van der Waals surface area contributed by atoms with E-state index in [0.717, 1.165) is 18.6 Å². The number of carbonyl (C=O) groups is 1. The van der Waals surface area contributed by atoms with Gasteiger partial charge in [0.1, 0.15) is 5.82 Å². The van der Waals surface area contributed by atoms with Crippen LogP contribution in [0.1, 0.15) is 18.9 Å². The van der Waals surface area contributed by atoms with Gasteiger partial charge in [0.15, 0.2) is 0 Å². The second kappa shape index (κ2) is 8.68. The van der Waals surface area contributed by atoms with Crippen molar-refractivity contribution in [3.63, 3.8) is 0 Å². The van der Waals surface area contributed by atoms with E-state index in [9.17, 15) is 9.18 Å². The Bertz CT molecular complexity index is 654. The maximum absolute atomic E-state index is 12.8. The van der Waals surface area contributed by atoms with Crippen molar-refractivity contribution < 1.29 is 9.18 Å². The fourth-order valence-electron chi connectivity index (χ4n) is 1.97. The highest BCUT2D eigenvalue weighted by Crippen LogP contribution is 2.07. The molecule has 0 heterocycles. The van der Waals surface area contributed by atoms with Crippen molar-refractivity contribution in [2.45, 2.75) is 19.8 Å². The lowest BCUT2D eigenvalue weighted by molar-refractivity contribution is -0.119. The molecule has 0 atom stereocenters. The van der Waals surface area contributed by atoms with Crippen molar-refractivity contribution in [3.05, 3.63) is 66.0 Å². The van der Waals surface area contributed by atoms with Crippen LogP contribution >= 0.6 is 0 Å². The van der Waals surface area contributed by atoms with Crippen molar-refractivity contribution in [1.82, 2.24) is 5.43 Å². The number of nitrogens with one attached hydrogen (secondary N) is 2. The molecule has 0 aromatic heterocycles. The topological polar surface area (TPSA) is 53.5 Å². The van der Waals surface area contributed by atoms with Crippen LogP contribution in [0.2, 0.25) is 0 Å². The van der Waals surface area contributed by atoms with E-state index in [4.69, 9.17) is 0 Å². The first-order chi connectivity index (χ1) is 11.1. The molecule has 2 N–H and O–H groups in total. The summed E-state index contributed by atoms with van der Waals surface area (Å²) in [5.74, 6) is -0.549. The van der Waals surface area contributed by atoms with Gasteiger partial charge in [0, 0.05) is 11.4 Å². The first-order valence-electron chi connectivity index (χ1n) is 7.49. The number of aryl methyl sites for hydroxylation is 1. The molecule has 120 valence electrons. The van der Waals surface area contributed by atoms with E-state index in [-0.39, 0.29) is 18.3 Å². The number of benzene rings is 2. The van der Waals surface area contributed by atoms with E-state index >= 15 is 0 Å². The number of halogens is 1. The van der Waals surface area contributed by atoms with Crippen molar-refractivity contribution in [2.75, 3.05) is 11.9 Å². The van der Waals surface area contributed by atoms with Crippen LogP contribution in [0.5, 0.6) is 0 Å². The van der Waals surface area contributed by atoms with E-state index in [1.165, 1.54) is 17.7 Å². The first-order valence-corrected chi connectivity index (χ1v) is 7.49. The van der Waals surface area contributed by atoms with Crippen LogP contribution in [0.15, 0.2) is 59.7 Å². The summed E-state index contributed by atoms with van der Waals surface area (Å²) in [7, 11) is 0. The fraction of sp³-hybridized carbons (Fsp3) is 0.222. The minimum absolute atomic E-state index is 0.0844. The zero-order valence-electron chi connectivity index (χ0n) is 13.1. The van der Waals surface area contributed by atoms with Gasteiger partial charge in [-0.15, -0.1) is 0 Å². The standard InChI is InChI=1S/C18H20FN3O/c1-14(7-8-15-5-3-2-4-6-15)21-22-18(23)13-20-17-11-9-16(19)10-12-17/h2-6,9-12,20H,7-8,13H2,1H3,(H,22,23)/b21-14+. The lowest BCUT2D eigenvalue weighted by Crippen LogP contribution is -2.26. The fourth-order valence-corrected chi connectivity index (χ4v) is 1.97. The average Bonchev–Trinajstić information content (AvgIpc) is 2.58. The van der Waals surface area contributed by atoms with Crippen LogP contribution in [0.25, 0.3) is 0 Å². The lowest BCUT2D eigenvalue weighted by Gasteiger charge is -2.06. The normalized spacial score (nSPS) is 11.1. The highest BCUT2D eigenvalue weighted by Gasteiger charge is 2.01. The Hall–Kier alpha value is -2.69. The Balaban J connectivity index is 1.71. The van der Waals surface area contributed by atoms with Crippen molar-refractivity contribution >= 4 is 17.3 Å². The van der Waals surface area contributed by atoms with Gasteiger partial charge in [0.05, 0.1) is 6.54 Å². The Labute approximate surface area is 135 Å². The average molecular weight is 313 g/mol.